The fourth-order valence-corrected chi connectivity index (χ4v) is 1.49. The van der Waals surface area contributed by atoms with Crippen molar-refractivity contribution in [1.82, 2.24) is 9.97 Å². The van der Waals surface area contributed by atoms with E-state index in [1.54, 1.807) is 6.92 Å². The minimum atomic E-state index is -0.416. The van der Waals surface area contributed by atoms with Crippen molar-refractivity contribution in [3.05, 3.63) is 52.6 Å². The number of aromatic nitrogens is 2. The van der Waals surface area contributed by atoms with Gasteiger partial charge in [0.1, 0.15) is 11.0 Å². The Kier molecular flexibility index (Phi) is 3.53. The van der Waals surface area contributed by atoms with Crippen LogP contribution in [0.5, 0.6) is 0 Å². The third-order valence-corrected chi connectivity index (χ3v) is 2.48. The van der Waals surface area contributed by atoms with Crippen molar-refractivity contribution in [2.75, 3.05) is 5.32 Å². The molecule has 2 rings (SSSR count). The number of carbonyl (C=O) groups excluding carboxylic acids is 1. The van der Waals surface area contributed by atoms with Gasteiger partial charge in [-0.1, -0.05) is 11.6 Å². The van der Waals surface area contributed by atoms with Crippen molar-refractivity contribution in [1.29, 1.82) is 0 Å². The SMILES string of the molecule is Cc1cc(C(=O)Nc2nccc(Cl)n2)ccc1F. The van der Waals surface area contributed by atoms with Crippen LogP contribution < -0.4 is 5.32 Å². The van der Waals surface area contributed by atoms with Crippen LogP contribution in [-0.2, 0) is 0 Å². The summed E-state index contributed by atoms with van der Waals surface area (Å²) < 4.78 is 13.1. The molecule has 0 spiro atoms. The van der Waals surface area contributed by atoms with Crippen LogP contribution in [0.2, 0.25) is 5.15 Å². The molecule has 0 unspecified atom stereocenters. The largest absolute Gasteiger partial charge is 0.290 e. The normalized spacial score (nSPS) is 10.2. The Morgan fingerprint density at radius 2 is 2.17 bits per heavy atom. The van der Waals surface area contributed by atoms with Crippen LogP contribution in [0.15, 0.2) is 30.5 Å². The third kappa shape index (κ3) is 2.81. The van der Waals surface area contributed by atoms with E-state index in [-0.39, 0.29) is 16.9 Å². The Bertz CT molecular complexity index is 604. The van der Waals surface area contributed by atoms with Gasteiger partial charge in [-0.25, -0.2) is 14.4 Å². The average Bonchev–Trinajstić information content (AvgIpc) is 2.32. The van der Waals surface area contributed by atoms with Crippen LogP contribution in [0.1, 0.15) is 15.9 Å². The maximum Gasteiger partial charge on any atom is 0.258 e. The fourth-order valence-electron chi connectivity index (χ4n) is 1.36. The summed E-state index contributed by atoms with van der Waals surface area (Å²) in [5, 5.41) is 2.71. The molecule has 0 aliphatic heterocycles. The van der Waals surface area contributed by atoms with Crippen molar-refractivity contribution in [2.24, 2.45) is 0 Å². The number of rotatable bonds is 2. The number of amides is 1. The van der Waals surface area contributed by atoms with Gasteiger partial charge in [0, 0.05) is 11.8 Å². The summed E-state index contributed by atoms with van der Waals surface area (Å²) in [6, 6.07) is 5.58. The minimum Gasteiger partial charge on any atom is -0.290 e. The summed E-state index contributed by atoms with van der Waals surface area (Å²) in [5.74, 6) is -0.666. The number of benzene rings is 1. The van der Waals surface area contributed by atoms with E-state index in [9.17, 15) is 9.18 Å². The van der Waals surface area contributed by atoms with Gasteiger partial charge in [-0.05, 0) is 36.8 Å². The number of carbonyl (C=O) groups is 1. The summed E-state index contributed by atoms with van der Waals surface area (Å²) in [7, 11) is 0. The van der Waals surface area contributed by atoms with E-state index in [1.807, 2.05) is 0 Å². The number of aryl methyl sites for hydroxylation is 1. The number of anilines is 1. The Labute approximate surface area is 108 Å². The van der Waals surface area contributed by atoms with E-state index in [2.05, 4.69) is 15.3 Å². The van der Waals surface area contributed by atoms with E-state index in [0.717, 1.165) is 0 Å². The molecule has 1 aromatic carbocycles. The Hall–Kier alpha value is -2.01. The van der Waals surface area contributed by atoms with Crippen LogP contribution >= 0.6 is 11.6 Å². The lowest BCUT2D eigenvalue weighted by atomic mass is 10.1. The lowest BCUT2D eigenvalue weighted by molar-refractivity contribution is 0.102. The average molecular weight is 266 g/mol. The number of hydrogen-bond donors (Lipinski definition) is 1. The van der Waals surface area contributed by atoms with Gasteiger partial charge in [0.15, 0.2) is 0 Å². The Morgan fingerprint density at radius 1 is 1.39 bits per heavy atom. The summed E-state index contributed by atoms with van der Waals surface area (Å²) in [5.41, 5.74) is 0.729. The molecular weight excluding hydrogens is 257 g/mol. The Morgan fingerprint density at radius 3 is 2.83 bits per heavy atom. The number of nitrogens with one attached hydrogen (secondary N) is 1. The molecule has 0 aliphatic rings. The highest BCUT2D eigenvalue weighted by Gasteiger charge is 2.09. The van der Waals surface area contributed by atoms with Crippen LogP contribution in [-0.4, -0.2) is 15.9 Å². The summed E-state index contributed by atoms with van der Waals surface area (Å²) in [6.45, 7) is 1.59. The number of hydrogen-bond acceptors (Lipinski definition) is 3. The second kappa shape index (κ2) is 5.10. The molecule has 0 bridgehead atoms. The first-order valence-electron chi connectivity index (χ1n) is 5.12. The zero-order chi connectivity index (χ0) is 13.1. The van der Waals surface area contributed by atoms with Crippen molar-refractivity contribution in [2.45, 2.75) is 6.92 Å². The van der Waals surface area contributed by atoms with Crippen LogP contribution in [0.3, 0.4) is 0 Å². The monoisotopic (exact) mass is 265 g/mol. The first-order valence-corrected chi connectivity index (χ1v) is 5.50. The molecule has 0 atom stereocenters. The van der Waals surface area contributed by atoms with Gasteiger partial charge in [0.2, 0.25) is 5.95 Å². The highest BCUT2D eigenvalue weighted by molar-refractivity contribution is 6.29. The zero-order valence-corrected chi connectivity index (χ0v) is 10.2. The van der Waals surface area contributed by atoms with Crippen molar-refractivity contribution >= 4 is 23.5 Å². The topological polar surface area (TPSA) is 54.9 Å². The zero-order valence-electron chi connectivity index (χ0n) is 9.45. The second-order valence-corrected chi connectivity index (χ2v) is 4.01. The van der Waals surface area contributed by atoms with Crippen molar-refractivity contribution in [3.63, 3.8) is 0 Å². The molecule has 1 N–H and O–H groups in total. The highest BCUT2D eigenvalue weighted by atomic mass is 35.5. The second-order valence-electron chi connectivity index (χ2n) is 3.62. The molecule has 0 fully saturated rings. The summed E-state index contributed by atoms with van der Waals surface area (Å²) in [6.07, 6.45) is 1.43. The van der Waals surface area contributed by atoms with Crippen LogP contribution in [0.4, 0.5) is 10.3 Å². The Balaban J connectivity index is 2.19. The van der Waals surface area contributed by atoms with Gasteiger partial charge in [-0.3, -0.25) is 10.1 Å². The molecule has 1 amide bonds. The molecule has 0 saturated heterocycles. The summed E-state index contributed by atoms with van der Waals surface area (Å²) in [4.78, 5) is 19.5. The predicted octanol–water partition coefficient (Wildman–Crippen LogP) is 2.83. The van der Waals surface area contributed by atoms with Crippen LogP contribution in [0.25, 0.3) is 0 Å². The molecule has 92 valence electrons. The molecule has 1 aromatic heterocycles. The maximum absolute atomic E-state index is 13.1. The van der Waals surface area contributed by atoms with Crippen molar-refractivity contribution < 1.29 is 9.18 Å². The minimum absolute atomic E-state index is 0.106. The molecular formula is C12H9ClFN3O. The molecule has 1 heterocycles. The van der Waals surface area contributed by atoms with Gasteiger partial charge < -0.3 is 0 Å². The first kappa shape index (κ1) is 12.4. The van der Waals surface area contributed by atoms with Gasteiger partial charge in [0.25, 0.3) is 5.91 Å². The van der Waals surface area contributed by atoms with Gasteiger partial charge in [-0.15, -0.1) is 0 Å². The van der Waals surface area contributed by atoms with Crippen LogP contribution in [0, 0.1) is 12.7 Å². The third-order valence-electron chi connectivity index (χ3n) is 2.27. The lowest BCUT2D eigenvalue weighted by Gasteiger charge is -2.04. The molecule has 4 nitrogen and oxygen atoms in total. The smallest absolute Gasteiger partial charge is 0.258 e. The van der Waals surface area contributed by atoms with Crippen molar-refractivity contribution in [3.8, 4) is 0 Å². The lowest BCUT2D eigenvalue weighted by Crippen LogP contribution is -2.14. The maximum atomic E-state index is 13.1. The molecule has 0 aliphatic carbocycles. The number of nitrogens with zero attached hydrogens (tertiary/aromatic N) is 2. The predicted molar refractivity (Wildman–Crippen MR) is 66.1 cm³/mol. The van der Waals surface area contributed by atoms with Gasteiger partial charge in [-0.2, -0.15) is 0 Å². The quantitative estimate of drug-likeness (QED) is 0.850. The van der Waals surface area contributed by atoms with E-state index < -0.39 is 5.91 Å². The van der Waals surface area contributed by atoms with Gasteiger partial charge in [0.05, 0.1) is 0 Å². The first-order chi connectivity index (χ1) is 8.56. The summed E-state index contributed by atoms with van der Waals surface area (Å²) >= 11 is 5.67. The molecule has 18 heavy (non-hydrogen) atoms. The van der Waals surface area contributed by atoms with E-state index >= 15 is 0 Å². The molecule has 0 saturated carbocycles. The highest BCUT2D eigenvalue weighted by Crippen LogP contribution is 2.11. The van der Waals surface area contributed by atoms with E-state index in [1.165, 1.54) is 30.5 Å². The molecule has 6 heteroatoms. The van der Waals surface area contributed by atoms with E-state index in [0.29, 0.717) is 11.1 Å². The van der Waals surface area contributed by atoms with E-state index in [4.69, 9.17) is 11.6 Å². The van der Waals surface area contributed by atoms with Gasteiger partial charge >= 0.3 is 0 Å². The fraction of sp³-hybridized carbons (Fsp3) is 0.0833. The molecule has 2 aromatic rings. The number of halogens is 2. The molecule has 0 radical (unpaired) electrons. The standard InChI is InChI=1S/C12H9ClFN3O/c1-7-6-8(2-3-9(7)14)11(18)17-12-15-5-4-10(13)16-12/h2-6H,1H3,(H,15,16,17,18).